The molecule has 0 amide bonds. The van der Waals surface area contributed by atoms with Crippen molar-refractivity contribution in [3.8, 4) is 0 Å². The van der Waals surface area contributed by atoms with Crippen molar-refractivity contribution in [1.82, 2.24) is 0 Å². The lowest BCUT2D eigenvalue weighted by Gasteiger charge is -2.21. The largest absolute Gasteiger partial charge is 0.388 e. The average molecular weight is 211 g/mol. The molecule has 1 aromatic rings. The molecule has 0 saturated carbocycles. The van der Waals surface area contributed by atoms with E-state index in [1.807, 2.05) is 0 Å². The smallest absolute Gasteiger partial charge is 0.123 e. The van der Waals surface area contributed by atoms with E-state index in [4.69, 9.17) is 5.73 Å². The minimum absolute atomic E-state index is 0.0560. The summed E-state index contributed by atoms with van der Waals surface area (Å²) >= 11 is 0. The molecular weight excluding hydrogens is 193 g/mol. The Kier molecular flexibility index (Phi) is 4.72. The van der Waals surface area contributed by atoms with Crippen LogP contribution in [0.2, 0.25) is 0 Å². The van der Waals surface area contributed by atoms with Gasteiger partial charge in [-0.2, -0.15) is 0 Å². The maximum absolute atomic E-state index is 12.7. The summed E-state index contributed by atoms with van der Waals surface area (Å²) in [5.74, 6) is -0.230. The summed E-state index contributed by atoms with van der Waals surface area (Å²) < 4.78 is 12.7. The van der Waals surface area contributed by atoms with Crippen molar-refractivity contribution in [2.24, 2.45) is 11.7 Å². The SMILES string of the molecule is CCCC(CN)C(O)c1ccc(F)cc1. The average Bonchev–Trinajstić information content (AvgIpc) is 2.26. The van der Waals surface area contributed by atoms with E-state index in [9.17, 15) is 9.50 Å². The summed E-state index contributed by atoms with van der Waals surface area (Å²) in [6, 6.07) is 5.94. The van der Waals surface area contributed by atoms with Crippen molar-refractivity contribution in [3.05, 3.63) is 35.6 Å². The van der Waals surface area contributed by atoms with E-state index in [2.05, 4.69) is 6.92 Å². The highest BCUT2D eigenvalue weighted by molar-refractivity contribution is 5.19. The molecule has 1 rings (SSSR count). The van der Waals surface area contributed by atoms with Gasteiger partial charge in [0.05, 0.1) is 6.10 Å². The zero-order valence-electron chi connectivity index (χ0n) is 8.99. The predicted octanol–water partition coefficient (Wildman–Crippen LogP) is 2.23. The second-order valence-corrected chi connectivity index (χ2v) is 3.78. The lowest BCUT2D eigenvalue weighted by atomic mass is 9.92. The summed E-state index contributed by atoms with van der Waals surface area (Å²) in [5, 5.41) is 10.00. The van der Waals surface area contributed by atoms with Gasteiger partial charge in [-0.05, 0) is 30.7 Å². The third-order valence-electron chi connectivity index (χ3n) is 2.62. The molecule has 15 heavy (non-hydrogen) atoms. The molecule has 0 saturated heterocycles. The summed E-state index contributed by atoms with van der Waals surface area (Å²) in [6.07, 6.45) is 1.28. The van der Waals surface area contributed by atoms with Crippen molar-refractivity contribution in [2.45, 2.75) is 25.9 Å². The highest BCUT2D eigenvalue weighted by Crippen LogP contribution is 2.24. The standard InChI is InChI=1S/C12H18FNO/c1-2-3-10(8-14)12(15)9-4-6-11(13)7-5-9/h4-7,10,12,15H,2-3,8,14H2,1H3. The van der Waals surface area contributed by atoms with E-state index < -0.39 is 6.10 Å². The maximum Gasteiger partial charge on any atom is 0.123 e. The predicted molar refractivity (Wildman–Crippen MR) is 58.8 cm³/mol. The Morgan fingerprint density at radius 3 is 2.40 bits per heavy atom. The lowest BCUT2D eigenvalue weighted by molar-refractivity contribution is 0.106. The van der Waals surface area contributed by atoms with Crippen molar-refractivity contribution >= 4 is 0 Å². The number of aliphatic hydroxyl groups is 1. The first-order valence-electron chi connectivity index (χ1n) is 5.32. The summed E-state index contributed by atoms with van der Waals surface area (Å²) in [5.41, 5.74) is 6.33. The maximum atomic E-state index is 12.7. The molecule has 0 heterocycles. The molecule has 0 fully saturated rings. The first kappa shape index (κ1) is 12.1. The van der Waals surface area contributed by atoms with Gasteiger partial charge in [-0.1, -0.05) is 25.5 Å². The van der Waals surface area contributed by atoms with E-state index in [0.29, 0.717) is 6.54 Å². The Balaban J connectivity index is 2.73. The van der Waals surface area contributed by atoms with Crippen LogP contribution in [0.3, 0.4) is 0 Å². The van der Waals surface area contributed by atoms with Crippen LogP contribution in [0.4, 0.5) is 4.39 Å². The fraction of sp³-hybridized carbons (Fsp3) is 0.500. The number of benzene rings is 1. The van der Waals surface area contributed by atoms with Gasteiger partial charge in [0.1, 0.15) is 5.82 Å². The quantitative estimate of drug-likeness (QED) is 0.784. The number of halogens is 1. The molecule has 0 spiro atoms. The molecule has 0 bridgehead atoms. The van der Waals surface area contributed by atoms with Gasteiger partial charge < -0.3 is 10.8 Å². The third-order valence-corrected chi connectivity index (χ3v) is 2.62. The normalized spacial score (nSPS) is 14.9. The highest BCUT2D eigenvalue weighted by Gasteiger charge is 2.18. The zero-order valence-corrected chi connectivity index (χ0v) is 8.99. The number of hydrogen-bond acceptors (Lipinski definition) is 2. The Hall–Kier alpha value is -0.930. The van der Waals surface area contributed by atoms with Crippen LogP contribution < -0.4 is 5.73 Å². The molecule has 0 aliphatic heterocycles. The molecule has 3 heteroatoms. The summed E-state index contributed by atoms with van der Waals surface area (Å²) in [6.45, 7) is 2.51. The highest BCUT2D eigenvalue weighted by atomic mass is 19.1. The van der Waals surface area contributed by atoms with Crippen LogP contribution in [-0.4, -0.2) is 11.7 Å². The number of rotatable bonds is 5. The van der Waals surface area contributed by atoms with Crippen molar-refractivity contribution in [1.29, 1.82) is 0 Å². The van der Waals surface area contributed by atoms with Crippen molar-refractivity contribution in [2.75, 3.05) is 6.54 Å². The molecule has 2 unspecified atom stereocenters. The first-order chi connectivity index (χ1) is 7.19. The van der Waals surface area contributed by atoms with Crippen LogP contribution in [-0.2, 0) is 0 Å². The second-order valence-electron chi connectivity index (χ2n) is 3.78. The summed E-state index contributed by atoms with van der Waals surface area (Å²) in [4.78, 5) is 0. The van der Waals surface area contributed by atoms with Gasteiger partial charge in [0.15, 0.2) is 0 Å². The van der Waals surface area contributed by atoms with Gasteiger partial charge in [-0.15, -0.1) is 0 Å². The fourth-order valence-corrected chi connectivity index (χ4v) is 1.71. The van der Waals surface area contributed by atoms with Gasteiger partial charge in [0, 0.05) is 5.92 Å². The molecule has 0 aliphatic carbocycles. The number of hydrogen-bond donors (Lipinski definition) is 2. The molecule has 0 aliphatic rings. The van der Waals surface area contributed by atoms with Crippen LogP contribution in [0.25, 0.3) is 0 Å². The van der Waals surface area contributed by atoms with Crippen LogP contribution in [0.15, 0.2) is 24.3 Å². The van der Waals surface area contributed by atoms with Crippen LogP contribution in [0, 0.1) is 11.7 Å². The van der Waals surface area contributed by atoms with Gasteiger partial charge >= 0.3 is 0 Å². The molecule has 2 nitrogen and oxygen atoms in total. The van der Waals surface area contributed by atoms with Crippen molar-refractivity contribution < 1.29 is 9.50 Å². The second kappa shape index (κ2) is 5.83. The minimum Gasteiger partial charge on any atom is -0.388 e. The molecule has 0 radical (unpaired) electrons. The van der Waals surface area contributed by atoms with E-state index in [1.165, 1.54) is 12.1 Å². The fourth-order valence-electron chi connectivity index (χ4n) is 1.71. The molecule has 84 valence electrons. The Labute approximate surface area is 89.9 Å². The Morgan fingerprint density at radius 1 is 1.33 bits per heavy atom. The Morgan fingerprint density at radius 2 is 1.93 bits per heavy atom. The van der Waals surface area contributed by atoms with E-state index in [0.717, 1.165) is 18.4 Å². The first-order valence-corrected chi connectivity index (χ1v) is 5.32. The van der Waals surface area contributed by atoms with Gasteiger partial charge in [-0.3, -0.25) is 0 Å². The third kappa shape index (κ3) is 3.29. The van der Waals surface area contributed by atoms with Crippen LogP contribution >= 0.6 is 0 Å². The number of nitrogens with two attached hydrogens (primary N) is 1. The van der Waals surface area contributed by atoms with Gasteiger partial charge in [0.2, 0.25) is 0 Å². The zero-order chi connectivity index (χ0) is 11.3. The molecule has 1 aromatic carbocycles. The van der Waals surface area contributed by atoms with E-state index >= 15 is 0 Å². The van der Waals surface area contributed by atoms with Gasteiger partial charge in [0.25, 0.3) is 0 Å². The van der Waals surface area contributed by atoms with Crippen molar-refractivity contribution in [3.63, 3.8) is 0 Å². The monoisotopic (exact) mass is 211 g/mol. The topological polar surface area (TPSA) is 46.2 Å². The summed E-state index contributed by atoms with van der Waals surface area (Å²) in [7, 11) is 0. The minimum atomic E-state index is -0.587. The molecule has 2 atom stereocenters. The van der Waals surface area contributed by atoms with Gasteiger partial charge in [-0.25, -0.2) is 4.39 Å². The lowest BCUT2D eigenvalue weighted by Crippen LogP contribution is -2.21. The van der Waals surface area contributed by atoms with E-state index in [1.54, 1.807) is 12.1 Å². The Bertz CT molecular complexity index is 286. The molecular formula is C12H18FNO. The number of aliphatic hydroxyl groups excluding tert-OH is 1. The molecule has 0 aromatic heterocycles. The molecule has 3 N–H and O–H groups in total. The van der Waals surface area contributed by atoms with Crippen LogP contribution in [0.5, 0.6) is 0 Å². The van der Waals surface area contributed by atoms with E-state index in [-0.39, 0.29) is 11.7 Å². The van der Waals surface area contributed by atoms with Crippen LogP contribution in [0.1, 0.15) is 31.4 Å².